The number of ether oxygens (including phenoxy) is 1. The van der Waals surface area contributed by atoms with Crippen molar-refractivity contribution in [3.05, 3.63) is 29.8 Å². The number of benzene rings is 1. The first kappa shape index (κ1) is 14.0. The molecule has 0 fully saturated rings. The standard InChI is InChI=1S/C11H16O5S/c1-8(2)16-10-5-3-9(4-6-10)11(12)7-17(13,14)15/h3-6,8,11-12H,7H2,1-2H3,(H,13,14,15). The Hall–Kier alpha value is -1.11. The van der Waals surface area contributed by atoms with E-state index in [1.165, 1.54) is 0 Å². The number of hydrogen-bond acceptors (Lipinski definition) is 4. The molecule has 0 aliphatic rings. The molecule has 0 aliphatic heterocycles. The van der Waals surface area contributed by atoms with E-state index in [-0.39, 0.29) is 6.10 Å². The summed E-state index contributed by atoms with van der Waals surface area (Å²) in [4.78, 5) is 0. The lowest BCUT2D eigenvalue weighted by Crippen LogP contribution is -2.13. The smallest absolute Gasteiger partial charge is 0.267 e. The molecule has 96 valence electrons. The average Bonchev–Trinajstić information content (AvgIpc) is 2.15. The first-order valence-corrected chi connectivity index (χ1v) is 6.78. The Morgan fingerprint density at radius 3 is 2.18 bits per heavy atom. The Morgan fingerprint density at radius 1 is 1.24 bits per heavy atom. The third-order valence-electron chi connectivity index (χ3n) is 2.01. The van der Waals surface area contributed by atoms with Crippen molar-refractivity contribution in [2.75, 3.05) is 5.75 Å². The molecule has 1 atom stereocenters. The summed E-state index contributed by atoms with van der Waals surface area (Å²) in [6.45, 7) is 3.78. The van der Waals surface area contributed by atoms with Crippen LogP contribution in [0, 0.1) is 0 Å². The van der Waals surface area contributed by atoms with Gasteiger partial charge in [-0.05, 0) is 31.5 Å². The van der Waals surface area contributed by atoms with Crippen molar-refractivity contribution in [1.82, 2.24) is 0 Å². The largest absolute Gasteiger partial charge is 0.491 e. The van der Waals surface area contributed by atoms with E-state index in [4.69, 9.17) is 9.29 Å². The molecule has 17 heavy (non-hydrogen) atoms. The topological polar surface area (TPSA) is 83.8 Å². The highest BCUT2D eigenvalue weighted by atomic mass is 32.2. The summed E-state index contributed by atoms with van der Waals surface area (Å²) >= 11 is 0. The van der Waals surface area contributed by atoms with Crippen LogP contribution in [0.15, 0.2) is 24.3 Å². The highest BCUT2D eigenvalue weighted by molar-refractivity contribution is 7.85. The monoisotopic (exact) mass is 260 g/mol. The van der Waals surface area contributed by atoms with E-state index in [9.17, 15) is 13.5 Å². The summed E-state index contributed by atoms with van der Waals surface area (Å²) in [6.07, 6.45) is -1.19. The van der Waals surface area contributed by atoms with Crippen LogP contribution in [0.1, 0.15) is 25.5 Å². The molecule has 1 aromatic rings. The van der Waals surface area contributed by atoms with Crippen LogP contribution >= 0.6 is 0 Å². The van der Waals surface area contributed by atoms with Crippen LogP contribution in [0.5, 0.6) is 5.75 Å². The van der Waals surface area contributed by atoms with Crippen LogP contribution in [-0.2, 0) is 10.1 Å². The molecular formula is C11H16O5S. The second-order valence-electron chi connectivity index (χ2n) is 4.00. The van der Waals surface area contributed by atoms with E-state index in [1.54, 1.807) is 24.3 Å². The molecule has 2 N–H and O–H groups in total. The Balaban J connectivity index is 2.73. The fraction of sp³-hybridized carbons (Fsp3) is 0.455. The molecule has 0 aliphatic carbocycles. The maximum atomic E-state index is 10.6. The van der Waals surface area contributed by atoms with Crippen molar-refractivity contribution in [2.24, 2.45) is 0 Å². The average molecular weight is 260 g/mol. The fourth-order valence-electron chi connectivity index (χ4n) is 1.34. The van der Waals surface area contributed by atoms with Gasteiger partial charge in [0, 0.05) is 0 Å². The van der Waals surface area contributed by atoms with Gasteiger partial charge in [-0.2, -0.15) is 8.42 Å². The number of aliphatic hydroxyl groups is 1. The molecule has 0 radical (unpaired) electrons. The van der Waals surface area contributed by atoms with Gasteiger partial charge in [-0.1, -0.05) is 12.1 Å². The second kappa shape index (κ2) is 5.48. The fourth-order valence-corrected chi connectivity index (χ4v) is 1.93. The zero-order valence-electron chi connectivity index (χ0n) is 9.70. The summed E-state index contributed by atoms with van der Waals surface area (Å²) in [5.41, 5.74) is 0.415. The van der Waals surface area contributed by atoms with Crippen molar-refractivity contribution < 1.29 is 22.8 Å². The second-order valence-corrected chi connectivity index (χ2v) is 5.50. The molecule has 1 aromatic carbocycles. The Labute approximate surface area is 101 Å². The lowest BCUT2D eigenvalue weighted by Gasteiger charge is -2.12. The zero-order valence-corrected chi connectivity index (χ0v) is 10.5. The van der Waals surface area contributed by atoms with E-state index in [0.29, 0.717) is 11.3 Å². The Morgan fingerprint density at radius 2 is 1.76 bits per heavy atom. The first-order valence-electron chi connectivity index (χ1n) is 5.18. The van der Waals surface area contributed by atoms with E-state index >= 15 is 0 Å². The van der Waals surface area contributed by atoms with Gasteiger partial charge in [0.15, 0.2) is 0 Å². The highest BCUT2D eigenvalue weighted by Gasteiger charge is 2.15. The SMILES string of the molecule is CC(C)Oc1ccc(C(O)CS(=O)(=O)O)cc1. The van der Waals surface area contributed by atoms with E-state index in [0.717, 1.165) is 0 Å². The van der Waals surface area contributed by atoms with Gasteiger partial charge in [0.05, 0.1) is 12.2 Å². The number of hydrogen-bond donors (Lipinski definition) is 2. The van der Waals surface area contributed by atoms with Crippen molar-refractivity contribution in [1.29, 1.82) is 0 Å². The molecule has 5 nitrogen and oxygen atoms in total. The Bertz CT molecular complexity index is 449. The van der Waals surface area contributed by atoms with Gasteiger partial charge in [-0.3, -0.25) is 4.55 Å². The summed E-state index contributed by atoms with van der Waals surface area (Å²) in [6, 6.07) is 6.41. The van der Waals surface area contributed by atoms with E-state index in [1.807, 2.05) is 13.8 Å². The minimum Gasteiger partial charge on any atom is -0.491 e. The van der Waals surface area contributed by atoms with Crippen LogP contribution in [0.3, 0.4) is 0 Å². The zero-order chi connectivity index (χ0) is 13.1. The molecule has 0 spiro atoms. The van der Waals surface area contributed by atoms with Crippen LogP contribution in [0.25, 0.3) is 0 Å². The van der Waals surface area contributed by atoms with Crippen molar-refractivity contribution in [3.8, 4) is 5.75 Å². The molecule has 0 saturated heterocycles. The highest BCUT2D eigenvalue weighted by Crippen LogP contribution is 2.19. The summed E-state index contributed by atoms with van der Waals surface area (Å²) in [7, 11) is -4.18. The molecule has 0 aromatic heterocycles. The summed E-state index contributed by atoms with van der Waals surface area (Å²) < 4.78 is 35.2. The molecule has 0 heterocycles. The molecular weight excluding hydrogens is 244 g/mol. The van der Waals surface area contributed by atoms with E-state index in [2.05, 4.69) is 0 Å². The summed E-state index contributed by atoms with van der Waals surface area (Å²) in [5.74, 6) is -0.0694. The van der Waals surface area contributed by atoms with Crippen LogP contribution < -0.4 is 4.74 Å². The third kappa shape index (κ3) is 5.16. The normalized spacial score (nSPS) is 13.7. The van der Waals surface area contributed by atoms with Crippen LogP contribution in [0.4, 0.5) is 0 Å². The number of aliphatic hydroxyl groups excluding tert-OH is 1. The first-order chi connectivity index (χ1) is 7.78. The van der Waals surface area contributed by atoms with Gasteiger partial charge in [-0.15, -0.1) is 0 Å². The van der Waals surface area contributed by atoms with Gasteiger partial charge in [0.1, 0.15) is 11.5 Å². The molecule has 0 amide bonds. The third-order valence-corrected chi connectivity index (χ3v) is 2.74. The summed E-state index contributed by atoms with van der Waals surface area (Å²) in [5, 5.41) is 9.55. The molecule has 0 bridgehead atoms. The molecule has 1 rings (SSSR count). The van der Waals surface area contributed by atoms with Crippen LogP contribution in [0.2, 0.25) is 0 Å². The predicted molar refractivity (Wildman–Crippen MR) is 63.6 cm³/mol. The van der Waals surface area contributed by atoms with Crippen LogP contribution in [-0.4, -0.2) is 29.9 Å². The van der Waals surface area contributed by atoms with Crippen molar-refractivity contribution >= 4 is 10.1 Å². The van der Waals surface area contributed by atoms with Gasteiger partial charge >= 0.3 is 0 Å². The minimum atomic E-state index is -4.18. The van der Waals surface area contributed by atoms with Gasteiger partial charge in [-0.25, -0.2) is 0 Å². The van der Waals surface area contributed by atoms with Crippen molar-refractivity contribution in [2.45, 2.75) is 26.1 Å². The van der Waals surface area contributed by atoms with Gasteiger partial charge in [0.25, 0.3) is 10.1 Å². The molecule has 6 heteroatoms. The van der Waals surface area contributed by atoms with Gasteiger partial charge in [0.2, 0.25) is 0 Å². The lowest BCUT2D eigenvalue weighted by molar-refractivity contribution is 0.198. The quantitative estimate of drug-likeness (QED) is 0.782. The minimum absolute atomic E-state index is 0.0450. The number of rotatable bonds is 5. The van der Waals surface area contributed by atoms with Gasteiger partial charge < -0.3 is 9.84 Å². The maximum Gasteiger partial charge on any atom is 0.267 e. The predicted octanol–water partition coefficient (Wildman–Crippen LogP) is 1.40. The van der Waals surface area contributed by atoms with E-state index < -0.39 is 22.0 Å². The maximum absolute atomic E-state index is 10.6. The Kier molecular flexibility index (Phi) is 4.50. The lowest BCUT2D eigenvalue weighted by atomic mass is 10.1. The van der Waals surface area contributed by atoms with Crippen molar-refractivity contribution in [3.63, 3.8) is 0 Å². The molecule has 0 saturated carbocycles. The molecule has 1 unspecified atom stereocenters.